The van der Waals surface area contributed by atoms with Gasteiger partial charge in [0.1, 0.15) is 5.25 Å². The maximum atomic E-state index is 13.5. The zero-order chi connectivity index (χ0) is 26.4. The second-order valence-electron chi connectivity index (χ2n) is 8.84. The molecule has 0 radical (unpaired) electrons. The highest BCUT2D eigenvalue weighted by Gasteiger charge is 2.39. The van der Waals surface area contributed by atoms with Crippen LogP contribution in [0.4, 0.5) is 11.4 Å². The van der Waals surface area contributed by atoms with Gasteiger partial charge in [-0.15, -0.1) is 0 Å². The fraction of sp³-hybridized carbons (Fsp3) is 0.276. The van der Waals surface area contributed by atoms with Crippen LogP contribution in [0.5, 0.6) is 11.5 Å². The Morgan fingerprint density at radius 3 is 2.46 bits per heavy atom. The molecule has 37 heavy (non-hydrogen) atoms. The van der Waals surface area contributed by atoms with E-state index in [0.717, 1.165) is 28.1 Å². The van der Waals surface area contributed by atoms with E-state index in [1.807, 2.05) is 80.6 Å². The molecular formula is C29H31N3O4S. The number of amides is 2. The third-order valence-electron chi connectivity index (χ3n) is 6.10. The Hall–Kier alpha value is -3.78. The molecule has 1 aliphatic rings. The summed E-state index contributed by atoms with van der Waals surface area (Å²) in [6, 6.07) is 21.1. The zero-order valence-electron chi connectivity index (χ0n) is 21.5. The number of carbonyl (C=O) groups excluding carboxylic acids is 2. The van der Waals surface area contributed by atoms with E-state index in [2.05, 4.69) is 5.32 Å². The van der Waals surface area contributed by atoms with E-state index in [9.17, 15) is 9.59 Å². The summed E-state index contributed by atoms with van der Waals surface area (Å²) in [5, 5.41) is 3.01. The second-order valence-corrected chi connectivity index (χ2v) is 10.0. The Labute approximate surface area is 221 Å². The second kappa shape index (κ2) is 12.0. The highest BCUT2D eigenvalue weighted by Crippen LogP contribution is 2.33. The third-order valence-corrected chi connectivity index (χ3v) is 7.28. The number of ether oxygens (including phenoxy) is 2. The van der Waals surface area contributed by atoms with E-state index in [1.54, 1.807) is 19.1 Å². The number of methoxy groups -OCH3 is 2. The molecule has 1 aliphatic heterocycles. The number of anilines is 1. The van der Waals surface area contributed by atoms with E-state index in [1.165, 1.54) is 11.8 Å². The van der Waals surface area contributed by atoms with Crippen molar-refractivity contribution in [2.24, 2.45) is 4.99 Å². The van der Waals surface area contributed by atoms with Crippen molar-refractivity contribution in [2.45, 2.75) is 31.9 Å². The van der Waals surface area contributed by atoms with Crippen molar-refractivity contribution in [1.29, 1.82) is 0 Å². The maximum Gasteiger partial charge on any atom is 0.242 e. The van der Waals surface area contributed by atoms with Crippen LogP contribution in [-0.2, 0) is 16.0 Å². The van der Waals surface area contributed by atoms with Crippen LogP contribution >= 0.6 is 11.8 Å². The van der Waals surface area contributed by atoms with Gasteiger partial charge in [-0.05, 0) is 61.7 Å². The summed E-state index contributed by atoms with van der Waals surface area (Å²) in [7, 11) is 3.20. The van der Waals surface area contributed by atoms with Gasteiger partial charge in [-0.3, -0.25) is 14.5 Å². The molecule has 7 nitrogen and oxygen atoms in total. The molecule has 1 saturated heterocycles. The van der Waals surface area contributed by atoms with Gasteiger partial charge in [-0.2, -0.15) is 0 Å². The number of rotatable bonds is 9. The van der Waals surface area contributed by atoms with Gasteiger partial charge in [0.05, 0.1) is 19.9 Å². The number of nitrogens with one attached hydrogen (secondary N) is 1. The van der Waals surface area contributed by atoms with Crippen LogP contribution in [0.1, 0.15) is 23.1 Å². The Balaban J connectivity index is 1.51. The minimum absolute atomic E-state index is 0.0669. The molecule has 1 fully saturated rings. The molecule has 192 valence electrons. The first-order chi connectivity index (χ1) is 17.9. The first kappa shape index (κ1) is 26.3. The monoisotopic (exact) mass is 517 g/mol. The molecule has 0 aromatic heterocycles. The van der Waals surface area contributed by atoms with Gasteiger partial charge in [0, 0.05) is 18.7 Å². The van der Waals surface area contributed by atoms with Gasteiger partial charge < -0.3 is 14.8 Å². The molecule has 1 heterocycles. The molecular weight excluding hydrogens is 486 g/mol. The molecule has 0 saturated carbocycles. The van der Waals surface area contributed by atoms with Crippen LogP contribution in [0.25, 0.3) is 0 Å². The molecule has 8 heteroatoms. The summed E-state index contributed by atoms with van der Waals surface area (Å²) in [5.41, 5.74) is 4.64. The number of nitrogens with zero attached hydrogens (tertiary/aromatic N) is 2. The zero-order valence-corrected chi connectivity index (χ0v) is 22.3. The standard InChI is InChI=1S/C29H31N3O4S/c1-19-10-12-23(20(2)16-19)31-27(33)18-26-28(34)32(29(37-26)30-22-8-6-5-7-9-22)15-14-21-11-13-24(35-3)25(17-21)36-4/h5-13,16-17,26H,14-15,18H2,1-4H3,(H,31,33). The highest BCUT2D eigenvalue weighted by molar-refractivity contribution is 8.15. The number of aliphatic imine (C=N–C) groups is 1. The number of hydrogen-bond donors (Lipinski definition) is 1. The molecule has 1 N–H and O–H groups in total. The molecule has 1 atom stereocenters. The summed E-state index contributed by atoms with van der Waals surface area (Å²) in [5.74, 6) is 0.982. The first-order valence-corrected chi connectivity index (χ1v) is 13.0. The smallest absolute Gasteiger partial charge is 0.242 e. The summed E-state index contributed by atoms with van der Waals surface area (Å²) in [6.07, 6.45) is 0.666. The fourth-order valence-corrected chi connectivity index (χ4v) is 5.33. The lowest BCUT2D eigenvalue weighted by atomic mass is 10.1. The summed E-state index contributed by atoms with van der Waals surface area (Å²) in [4.78, 5) is 32.7. The van der Waals surface area contributed by atoms with Gasteiger partial charge >= 0.3 is 0 Å². The topological polar surface area (TPSA) is 80.2 Å². The van der Waals surface area contributed by atoms with E-state index >= 15 is 0 Å². The SMILES string of the molecule is COc1ccc(CCN2C(=O)C(CC(=O)Nc3ccc(C)cc3C)SC2=Nc2ccccc2)cc1OC. The van der Waals surface area contributed by atoms with Crippen molar-refractivity contribution < 1.29 is 19.1 Å². The van der Waals surface area contributed by atoms with Crippen molar-refractivity contribution in [2.75, 3.05) is 26.1 Å². The number of hydrogen-bond acceptors (Lipinski definition) is 6. The van der Waals surface area contributed by atoms with Crippen molar-refractivity contribution in [1.82, 2.24) is 4.90 Å². The highest BCUT2D eigenvalue weighted by atomic mass is 32.2. The van der Waals surface area contributed by atoms with E-state index in [-0.39, 0.29) is 18.2 Å². The molecule has 2 amide bonds. The van der Waals surface area contributed by atoms with E-state index in [0.29, 0.717) is 29.6 Å². The predicted octanol–water partition coefficient (Wildman–Crippen LogP) is 5.52. The van der Waals surface area contributed by atoms with Crippen LogP contribution in [-0.4, -0.2) is 47.9 Å². The molecule has 0 spiro atoms. The van der Waals surface area contributed by atoms with E-state index < -0.39 is 5.25 Å². The lowest BCUT2D eigenvalue weighted by Gasteiger charge is -2.17. The Bertz CT molecular complexity index is 1310. The molecule has 4 rings (SSSR count). The summed E-state index contributed by atoms with van der Waals surface area (Å²) in [6.45, 7) is 4.40. The number of aryl methyl sites for hydroxylation is 2. The van der Waals surface area contributed by atoms with Gasteiger partial charge in [0.15, 0.2) is 16.7 Å². The van der Waals surface area contributed by atoms with Crippen LogP contribution in [0.2, 0.25) is 0 Å². The van der Waals surface area contributed by atoms with Gasteiger partial charge in [0.25, 0.3) is 0 Å². The van der Waals surface area contributed by atoms with Crippen molar-refractivity contribution in [3.8, 4) is 11.5 Å². The van der Waals surface area contributed by atoms with Crippen LogP contribution in [0.15, 0.2) is 71.7 Å². The average molecular weight is 518 g/mol. The number of amidine groups is 1. The Morgan fingerprint density at radius 1 is 1.00 bits per heavy atom. The minimum atomic E-state index is -0.543. The normalized spacial score (nSPS) is 16.2. The lowest BCUT2D eigenvalue weighted by molar-refractivity contribution is -0.128. The predicted molar refractivity (Wildman–Crippen MR) is 149 cm³/mol. The molecule has 0 aliphatic carbocycles. The summed E-state index contributed by atoms with van der Waals surface area (Å²) < 4.78 is 10.7. The number of thioether (sulfide) groups is 1. The van der Waals surface area contributed by atoms with Gasteiger partial charge in [-0.1, -0.05) is 53.7 Å². The van der Waals surface area contributed by atoms with Crippen molar-refractivity contribution in [3.63, 3.8) is 0 Å². The Morgan fingerprint density at radius 2 is 1.76 bits per heavy atom. The first-order valence-electron chi connectivity index (χ1n) is 12.1. The fourth-order valence-electron chi connectivity index (χ4n) is 4.14. The Kier molecular flexibility index (Phi) is 8.50. The maximum absolute atomic E-state index is 13.5. The lowest BCUT2D eigenvalue weighted by Crippen LogP contribution is -2.35. The number of para-hydroxylation sites is 1. The quantitative estimate of drug-likeness (QED) is 0.404. The number of carbonyl (C=O) groups is 2. The van der Waals surface area contributed by atoms with Crippen molar-refractivity contribution >= 4 is 40.1 Å². The third kappa shape index (κ3) is 6.51. The van der Waals surface area contributed by atoms with Crippen LogP contribution in [0.3, 0.4) is 0 Å². The molecule has 3 aromatic rings. The number of benzene rings is 3. The van der Waals surface area contributed by atoms with Crippen LogP contribution in [0, 0.1) is 13.8 Å². The molecule has 0 bridgehead atoms. The largest absolute Gasteiger partial charge is 0.493 e. The van der Waals surface area contributed by atoms with Crippen molar-refractivity contribution in [3.05, 3.63) is 83.4 Å². The average Bonchev–Trinajstić information content (AvgIpc) is 3.18. The van der Waals surface area contributed by atoms with Gasteiger partial charge in [0.2, 0.25) is 11.8 Å². The van der Waals surface area contributed by atoms with E-state index in [4.69, 9.17) is 14.5 Å². The summed E-state index contributed by atoms with van der Waals surface area (Å²) >= 11 is 1.34. The molecule has 1 unspecified atom stereocenters. The molecule has 3 aromatic carbocycles. The van der Waals surface area contributed by atoms with Crippen LogP contribution < -0.4 is 14.8 Å². The minimum Gasteiger partial charge on any atom is -0.493 e. The van der Waals surface area contributed by atoms with Gasteiger partial charge in [-0.25, -0.2) is 4.99 Å².